The number of likely N-dealkylation sites (tertiary alicyclic amines) is 1. The standard InChI is InChI=1S/C13H24N2O2.H2/c1-8(2)12(14-13(17)9(3)4)10-6-11(16)15(5)7-10;/h8-10,12H,6-7H2,1-5H3,(H,14,17);1H/t10-,12-;/m1./s1. The van der Waals surface area contributed by atoms with Crippen molar-refractivity contribution in [2.24, 2.45) is 17.8 Å². The van der Waals surface area contributed by atoms with E-state index in [-0.39, 0.29) is 31.1 Å². The third-order valence-corrected chi connectivity index (χ3v) is 3.43. The summed E-state index contributed by atoms with van der Waals surface area (Å²) in [6, 6.07) is 0.0961. The monoisotopic (exact) mass is 242 g/mol. The van der Waals surface area contributed by atoms with Crippen molar-refractivity contribution < 1.29 is 11.0 Å². The Kier molecular flexibility index (Phi) is 4.54. The molecule has 4 nitrogen and oxygen atoms in total. The van der Waals surface area contributed by atoms with Gasteiger partial charge in [-0.2, -0.15) is 0 Å². The molecule has 0 aromatic rings. The average Bonchev–Trinajstić information content (AvgIpc) is 2.54. The van der Waals surface area contributed by atoms with Crippen molar-refractivity contribution in [1.82, 2.24) is 10.2 Å². The predicted molar refractivity (Wildman–Crippen MR) is 69.5 cm³/mol. The van der Waals surface area contributed by atoms with Crippen LogP contribution in [0, 0.1) is 17.8 Å². The second-order valence-corrected chi connectivity index (χ2v) is 5.67. The van der Waals surface area contributed by atoms with Crippen molar-refractivity contribution in [3.8, 4) is 0 Å². The summed E-state index contributed by atoms with van der Waals surface area (Å²) in [6.45, 7) is 8.71. The first-order chi connectivity index (χ1) is 7.82. The molecule has 1 saturated heterocycles. The molecule has 1 aliphatic rings. The fourth-order valence-electron chi connectivity index (χ4n) is 2.30. The van der Waals surface area contributed by atoms with E-state index >= 15 is 0 Å². The minimum atomic E-state index is -0.00826. The number of rotatable bonds is 4. The normalized spacial score (nSPS) is 22.4. The highest BCUT2D eigenvalue weighted by Gasteiger charge is 2.35. The molecule has 1 N–H and O–H groups in total. The maximum absolute atomic E-state index is 11.8. The Hall–Kier alpha value is -1.06. The summed E-state index contributed by atoms with van der Waals surface area (Å²) in [5.74, 6) is 0.841. The SMILES string of the molecule is CC(C)C(=O)N[C@H](C(C)C)[C@@H]1CC(=O)N(C)C1.[HH]. The number of hydrogen-bond donors (Lipinski definition) is 1. The number of nitrogens with zero attached hydrogens (tertiary/aromatic N) is 1. The molecule has 1 rings (SSSR count). The molecule has 0 bridgehead atoms. The molecule has 0 saturated carbocycles. The lowest BCUT2D eigenvalue weighted by Gasteiger charge is -2.28. The Morgan fingerprint density at radius 3 is 2.35 bits per heavy atom. The maximum atomic E-state index is 11.8. The highest BCUT2D eigenvalue weighted by molar-refractivity contribution is 5.80. The third-order valence-electron chi connectivity index (χ3n) is 3.43. The summed E-state index contributed by atoms with van der Waals surface area (Å²) < 4.78 is 0. The number of carbonyl (C=O) groups is 2. The van der Waals surface area contributed by atoms with E-state index in [9.17, 15) is 9.59 Å². The highest BCUT2D eigenvalue weighted by atomic mass is 16.2. The lowest BCUT2D eigenvalue weighted by molar-refractivity contribution is -0.127. The first kappa shape index (κ1) is 14.0. The van der Waals surface area contributed by atoms with E-state index in [1.54, 1.807) is 4.90 Å². The van der Waals surface area contributed by atoms with E-state index < -0.39 is 0 Å². The van der Waals surface area contributed by atoms with Crippen molar-refractivity contribution >= 4 is 11.8 Å². The Bertz CT molecular complexity index is 305. The third kappa shape index (κ3) is 3.45. The molecule has 0 aromatic carbocycles. The van der Waals surface area contributed by atoms with Crippen LogP contribution >= 0.6 is 0 Å². The first-order valence-corrected chi connectivity index (χ1v) is 6.37. The van der Waals surface area contributed by atoms with E-state index in [4.69, 9.17) is 0 Å². The second-order valence-electron chi connectivity index (χ2n) is 5.67. The second kappa shape index (κ2) is 5.52. The van der Waals surface area contributed by atoms with Crippen molar-refractivity contribution in [2.75, 3.05) is 13.6 Å². The van der Waals surface area contributed by atoms with Crippen molar-refractivity contribution in [3.05, 3.63) is 0 Å². The molecule has 2 atom stereocenters. The maximum Gasteiger partial charge on any atom is 0.222 e. The van der Waals surface area contributed by atoms with Gasteiger partial charge in [-0.15, -0.1) is 0 Å². The predicted octanol–water partition coefficient (Wildman–Crippen LogP) is 1.51. The number of hydrogen-bond acceptors (Lipinski definition) is 2. The zero-order valence-corrected chi connectivity index (χ0v) is 11.5. The lowest BCUT2D eigenvalue weighted by Crippen LogP contribution is -2.46. The lowest BCUT2D eigenvalue weighted by atomic mass is 9.89. The zero-order valence-electron chi connectivity index (χ0n) is 11.5. The Morgan fingerprint density at radius 1 is 1.41 bits per heavy atom. The molecule has 4 heteroatoms. The van der Waals surface area contributed by atoms with Gasteiger partial charge in [0.1, 0.15) is 0 Å². The van der Waals surface area contributed by atoms with Crippen LogP contribution in [0.2, 0.25) is 0 Å². The molecule has 17 heavy (non-hydrogen) atoms. The molecular formula is C13H26N2O2. The number of nitrogens with one attached hydrogen (secondary N) is 1. The molecule has 1 aliphatic heterocycles. The summed E-state index contributed by atoms with van der Waals surface area (Å²) >= 11 is 0. The molecule has 0 spiro atoms. The largest absolute Gasteiger partial charge is 0.353 e. The van der Waals surface area contributed by atoms with Gasteiger partial charge in [0.25, 0.3) is 0 Å². The molecular weight excluding hydrogens is 216 g/mol. The van der Waals surface area contributed by atoms with Gasteiger partial charge in [-0.1, -0.05) is 27.7 Å². The van der Waals surface area contributed by atoms with Crippen LogP contribution in [0.3, 0.4) is 0 Å². The number of amides is 2. The Balaban J connectivity index is 0.00000289. The summed E-state index contributed by atoms with van der Waals surface area (Å²) in [4.78, 5) is 25.1. The van der Waals surface area contributed by atoms with Gasteiger partial charge in [0.15, 0.2) is 0 Å². The van der Waals surface area contributed by atoms with Gasteiger partial charge in [0.05, 0.1) is 0 Å². The molecule has 0 radical (unpaired) electrons. The van der Waals surface area contributed by atoms with E-state index in [1.165, 1.54) is 0 Å². The number of carbonyl (C=O) groups excluding carboxylic acids is 2. The van der Waals surface area contributed by atoms with Crippen molar-refractivity contribution in [2.45, 2.75) is 40.2 Å². The summed E-state index contributed by atoms with van der Waals surface area (Å²) in [7, 11) is 1.82. The van der Waals surface area contributed by atoms with Gasteiger partial charge in [-0.3, -0.25) is 9.59 Å². The molecule has 100 valence electrons. The van der Waals surface area contributed by atoms with Crippen molar-refractivity contribution in [3.63, 3.8) is 0 Å². The van der Waals surface area contributed by atoms with E-state index in [2.05, 4.69) is 19.2 Å². The first-order valence-electron chi connectivity index (χ1n) is 6.37. The van der Waals surface area contributed by atoms with Gasteiger partial charge in [-0.05, 0) is 5.92 Å². The average molecular weight is 242 g/mol. The fraction of sp³-hybridized carbons (Fsp3) is 0.846. The Labute approximate surface area is 105 Å². The smallest absolute Gasteiger partial charge is 0.222 e. The van der Waals surface area contributed by atoms with Crippen LogP contribution in [-0.2, 0) is 9.59 Å². The van der Waals surface area contributed by atoms with Crippen LogP contribution in [0.4, 0.5) is 0 Å². The van der Waals surface area contributed by atoms with Gasteiger partial charge in [0.2, 0.25) is 11.8 Å². The molecule has 2 amide bonds. The van der Waals surface area contributed by atoms with Gasteiger partial charge in [-0.25, -0.2) is 0 Å². The van der Waals surface area contributed by atoms with Crippen LogP contribution < -0.4 is 5.32 Å². The highest BCUT2D eigenvalue weighted by Crippen LogP contribution is 2.24. The zero-order chi connectivity index (χ0) is 13.2. The minimum absolute atomic E-state index is 0. The minimum Gasteiger partial charge on any atom is -0.353 e. The molecule has 0 aliphatic carbocycles. The quantitative estimate of drug-likeness (QED) is 0.812. The van der Waals surface area contributed by atoms with Gasteiger partial charge in [0, 0.05) is 39.3 Å². The van der Waals surface area contributed by atoms with Gasteiger partial charge >= 0.3 is 0 Å². The van der Waals surface area contributed by atoms with Crippen LogP contribution in [-0.4, -0.2) is 36.3 Å². The molecule has 0 unspecified atom stereocenters. The summed E-state index contributed by atoms with van der Waals surface area (Å²) in [5.41, 5.74) is 0. The van der Waals surface area contributed by atoms with Gasteiger partial charge < -0.3 is 10.2 Å². The molecule has 0 aromatic heterocycles. The van der Waals surface area contributed by atoms with E-state index in [1.807, 2.05) is 20.9 Å². The van der Waals surface area contributed by atoms with Crippen LogP contribution in [0.25, 0.3) is 0 Å². The molecule has 1 heterocycles. The van der Waals surface area contributed by atoms with Crippen LogP contribution in [0.15, 0.2) is 0 Å². The van der Waals surface area contributed by atoms with E-state index in [0.717, 1.165) is 6.54 Å². The Morgan fingerprint density at radius 2 is 2.00 bits per heavy atom. The van der Waals surface area contributed by atoms with Crippen LogP contribution in [0.5, 0.6) is 0 Å². The fourth-order valence-corrected chi connectivity index (χ4v) is 2.30. The van der Waals surface area contributed by atoms with E-state index in [0.29, 0.717) is 12.3 Å². The van der Waals surface area contributed by atoms with Crippen LogP contribution in [0.1, 0.15) is 35.5 Å². The topological polar surface area (TPSA) is 49.4 Å². The van der Waals surface area contributed by atoms with Crippen molar-refractivity contribution in [1.29, 1.82) is 0 Å². The summed E-state index contributed by atoms with van der Waals surface area (Å²) in [6.07, 6.45) is 0.553. The summed E-state index contributed by atoms with van der Waals surface area (Å²) in [5, 5.41) is 3.08. The molecule has 1 fully saturated rings.